The lowest BCUT2D eigenvalue weighted by atomic mass is 10.1. The van der Waals surface area contributed by atoms with Gasteiger partial charge in [-0.05, 0) is 25.1 Å². The van der Waals surface area contributed by atoms with Gasteiger partial charge in [-0.2, -0.15) is 0 Å². The third kappa shape index (κ3) is 3.30. The maximum absolute atomic E-state index is 12.0. The highest BCUT2D eigenvalue weighted by Gasteiger charge is 2.16. The third-order valence-electron chi connectivity index (χ3n) is 2.76. The van der Waals surface area contributed by atoms with Crippen molar-refractivity contribution in [3.05, 3.63) is 69.8 Å². The van der Waals surface area contributed by atoms with Crippen molar-refractivity contribution in [3.63, 3.8) is 0 Å². The van der Waals surface area contributed by atoms with Crippen LogP contribution in [0.5, 0.6) is 5.75 Å². The van der Waals surface area contributed by atoms with Gasteiger partial charge in [0.25, 0.3) is 5.69 Å². The van der Waals surface area contributed by atoms with Gasteiger partial charge in [-0.25, -0.2) is 4.79 Å². The molecule has 0 bridgehead atoms. The highest BCUT2D eigenvalue weighted by atomic mass is 16.6. The van der Waals surface area contributed by atoms with Crippen LogP contribution in [0.25, 0.3) is 0 Å². The molecule has 0 radical (unpaired) electrons. The van der Waals surface area contributed by atoms with Crippen LogP contribution in [0.4, 0.5) is 5.69 Å². The molecule has 0 fully saturated rings. The predicted molar refractivity (Wildman–Crippen MR) is 74.5 cm³/mol. The molecule has 0 atom stereocenters. The Balaban J connectivity index is 2.28. The molecule has 0 amide bonds. The fourth-order valence-electron chi connectivity index (χ4n) is 1.75. The largest absolute Gasteiger partial charge is 0.422 e. The number of carbonyl (C=O) groups is 2. The Morgan fingerprint density at radius 1 is 1.10 bits per heavy atom. The standard InChI is InChI=1S/C15H11NO5/c1-10(17)13-7-2-3-8-14(13)21-15(18)11-5-4-6-12(9-11)16(19)20/h2-9H,1H3. The van der Waals surface area contributed by atoms with Crippen LogP contribution in [0.1, 0.15) is 27.6 Å². The van der Waals surface area contributed by atoms with Gasteiger partial charge in [0.05, 0.1) is 16.1 Å². The number of ketones is 1. The van der Waals surface area contributed by atoms with Crippen molar-refractivity contribution in [2.24, 2.45) is 0 Å². The number of non-ortho nitro benzene ring substituents is 1. The van der Waals surface area contributed by atoms with E-state index in [4.69, 9.17) is 4.74 Å². The van der Waals surface area contributed by atoms with Crippen molar-refractivity contribution in [2.45, 2.75) is 6.92 Å². The van der Waals surface area contributed by atoms with Crippen LogP contribution < -0.4 is 4.74 Å². The number of benzene rings is 2. The summed E-state index contributed by atoms with van der Waals surface area (Å²) in [4.78, 5) is 33.5. The van der Waals surface area contributed by atoms with E-state index < -0.39 is 10.9 Å². The summed E-state index contributed by atoms with van der Waals surface area (Å²) in [5.41, 5.74) is 0.114. The molecule has 0 spiro atoms. The third-order valence-corrected chi connectivity index (χ3v) is 2.76. The van der Waals surface area contributed by atoms with Crippen molar-refractivity contribution < 1.29 is 19.2 Å². The second kappa shape index (κ2) is 5.96. The Kier molecular flexibility index (Phi) is 4.08. The zero-order valence-corrected chi connectivity index (χ0v) is 11.1. The van der Waals surface area contributed by atoms with Crippen LogP contribution in [0.3, 0.4) is 0 Å². The number of ether oxygens (including phenoxy) is 1. The first-order chi connectivity index (χ1) is 9.99. The zero-order valence-electron chi connectivity index (χ0n) is 11.1. The minimum absolute atomic E-state index is 0.0440. The van der Waals surface area contributed by atoms with Crippen LogP contribution in [-0.4, -0.2) is 16.7 Å². The van der Waals surface area contributed by atoms with Crippen molar-refractivity contribution >= 4 is 17.4 Å². The van der Waals surface area contributed by atoms with Crippen LogP contribution in [0, 0.1) is 10.1 Å². The van der Waals surface area contributed by atoms with Gasteiger partial charge in [-0.1, -0.05) is 18.2 Å². The Bertz CT molecular complexity index is 724. The number of nitro benzene ring substituents is 1. The minimum Gasteiger partial charge on any atom is -0.422 e. The first-order valence-corrected chi connectivity index (χ1v) is 6.05. The number of para-hydroxylation sites is 1. The van der Waals surface area contributed by atoms with Crippen molar-refractivity contribution in [3.8, 4) is 5.75 Å². The summed E-state index contributed by atoms with van der Waals surface area (Å²) in [7, 11) is 0. The van der Waals surface area contributed by atoms with Gasteiger partial charge in [0.2, 0.25) is 0 Å². The van der Waals surface area contributed by atoms with Gasteiger partial charge in [0.15, 0.2) is 5.78 Å². The molecule has 106 valence electrons. The molecule has 0 saturated heterocycles. The van der Waals surface area contributed by atoms with Crippen LogP contribution in [-0.2, 0) is 0 Å². The van der Waals surface area contributed by atoms with E-state index in [2.05, 4.69) is 0 Å². The van der Waals surface area contributed by atoms with E-state index in [-0.39, 0.29) is 28.3 Å². The first-order valence-electron chi connectivity index (χ1n) is 6.05. The average molecular weight is 285 g/mol. The Hall–Kier alpha value is -3.02. The smallest absolute Gasteiger partial charge is 0.343 e. The van der Waals surface area contributed by atoms with Gasteiger partial charge >= 0.3 is 5.97 Å². The molecule has 0 unspecified atom stereocenters. The number of hydrogen-bond acceptors (Lipinski definition) is 5. The number of nitrogens with zero attached hydrogens (tertiary/aromatic N) is 1. The molecular formula is C15H11NO5. The van der Waals surface area contributed by atoms with Gasteiger partial charge in [-0.3, -0.25) is 14.9 Å². The maximum atomic E-state index is 12.0. The van der Waals surface area contributed by atoms with E-state index in [1.807, 2.05) is 0 Å². The van der Waals surface area contributed by atoms with E-state index in [1.54, 1.807) is 18.2 Å². The highest BCUT2D eigenvalue weighted by molar-refractivity contribution is 5.99. The van der Waals surface area contributed by atoms with Gasteiger partial charge in [-0.15, -0.1) is 0 Å². The quantitative estimate of drug-likeness (QED) is 0.283. The van der Waals surface area contributed by atoms with Crippen molar-refractivity contribution in [2.75, 3.05) is 0 Å². The normalized spacial score (nSPS) is 9.95. The molecule has 0 aliphatic carbocycles. The van der Waals surface area contributed by atoms with E-state index in [0.29, 0.717) is 0 Å². The number of hydrogen-bond donors (Lipinski definition) is 0. The summed E-state index contributed by atoms with van der Waals surface area (Å²) in [6.07, 6.45) is 0. The molecule has 0 N–H and O–H groups in total. The number of carbonyl (C=O) groups excluding carboxylic acids is 2. The molecule has 0 aliphatic heterocycles. The maximum Gasteiger partial charge on any atom is 0.343 e. The summed E-state index contributed by atoms with van der Waals surface area (Å²) >= 11 is 0. The summed E-state index contributed by atoms with van der Waals surface area (Å²) in [5.74, 6) is -0.869. The lowest BCUT2D eigenvalue weighted by Gasteiger charge is -2.07. The Labute approximate surface area is 120 Å². The molecule has 21 heavy (non-hydrogen) atoms. The molecule has 6 heteroatoms. The topological polar surface area (TPSA) is 86.5 Å². The fourth-order valence-corrected chi connectivity index (χ4v) is 1.75. The van der Waals surface area contributed by atoms with Gasteiger partial charge in [0, 0.05) is 12.1 Å². The monoisotopic (exact) mass is 285 g/mol. The second-order valence-electron chi connectivity index (χ2n) is 4.25. The highest BCUT2D eigenvalue weighted by Crippen LogP contribution is 2.21. The first kappa shape index (κ1) is 14.4. The molecule has 2 rings (SSSR count). The molecule has 6 nitrogen and oxygen atoms in total. The summed E-state index contributed by atoms with van der Waals surface area (Å²) in [6.45, 7) is 1.36. The fraction of sp³-hybridized carbons (Fsp3) is 0.0667. The molecule has 2 aromatic carbocycles. The van der Waals surface area contributed by atoms with Gasteiger partial charge < -0.3 is 4.74 Å². The molecule has 0 saturated carbocycles. The van der Waals surface area contributed by atoms with Crippen molar-refractivity contribution in [1.29, 1.82) is 0 Å². The SMILES string of the molecule is CC(=O)c1ccccc1OC(=O)c1cccc([N+](=O)[O-])c1. The number of esters is 1. The molecular weight excluding hydrogens is 274 g/mol. The summed E-state index contributed by atoms with van der Waals surface area (Å²) in [6, 6.07) is 11.5. The molecule has 0 aliphatic rings. The number of rotatable bonds is 4. The zero-order chi connectivity index (χ0) is 15.4. The van der Waals surface area contributed by atoms with Crippen LogP contribution in [0.2, 0.25) is 0 Å². The molecule has 0 heterocycles. The average Bonchev–Trinajstić information content (AvgIpc) is 2.47. The lowest BCUT2D eigenvalue weighted by Crippen LogP contribution is -2.11. The van der Waals surface area contributed by atoms with E-state index in [0.717, 1.165) is 6.07 Å². The number of nitro groups is 1. The van der Waals surface area contributed by atoms with E-state index >= 15 is 0 Å². The van der Waals surface area contributed by atoms with Crippen molar-refractivity contribution in [1.82, 2.24) is 0 Å². The Morgan fingerprint density at radius 2 is 1.81 bits per heavy atom. The van der Waals surface area contributed by atoms with E-state index in [1.165, 1.54) is 31.2 Å². The minimum atomic E-state index is -0.757. The molecule has 0 aromatic heterocycles. The number of Topliss-reactive ketones (excluding diaryl/α,β-unsaturated/α-hetero) is 1. The second-order valence-corrected chi connectivity index (χ2v) is 4.25. The predicted octanol–water partition coefficient (Wildman–Crippen LogP) is 3.02. The molecule has 2 aromatic rings. The van der Waals surface area contributed by atoms with E-state index in [9.17, 15) is 19.7 Å². The lowest BCUT2D eigenvalue weighted by molar-refractivity contribution is -0.384. The summed E-state index contributed by atoms with van der Waals surface area (Å²) in [5, 5.41) is 10.7. The van der Waals surface area contributed by atoms with Crippen LogP contribution >= 0.6 is 0 Å². The van der Waals surface area contributed by atoms with Gasteiger partial charge in [0.1, 0.15) is 5.75 Å². The van der Waals surface area contributed by atoms with Crippen LogP contribution in [0.15, 0.2) is 48.5 Å². The Morgan fingerprint density at radius 3 is 2.48 bits per heavy atom. The summed E-state index contributed by atoms with van der Waals surface area (Å²) < 4.78 is 5.15.